The van der Waals surface area contributed by atoms with E-state index < -0.39 is 54.6 Å². The van der Waals surface area contributed by atoms with Crippen molar-refractivity contribution in [3.8, 4) is 17.2 Å². The summed E-state index contributed by atoms with van der Waals surface area (Å²) in [4.78, 5) is 0. The Labute approximate surface area is 131 Å². The molecule has 9 nitrogen and oxygen atoms in total. The van der Waals surface area contributed by atoms with Crippen LogP contribution in [0.2, 0.25) is 0 Å². The molecule has 1 aromatic rings. The molecule has 1 heterocycles. The van der Waals surface area contributed by atoms with Crippen molar-refractivity contribution >= 4 is 0 Å². The fourth-order valence-electron chi connectivity index (χ4n) is 2.30. The highest BCUT2D eigenvalue weighted by atomic mass is 16.7. The highest BCUT2D eigenvalue weighted by Crippen LogP contribution is 2.35. The Morgan fingerprint density at radius 2 is 1.57 bits per heavy atom. The molecule has 2 rings (SSSR count). The number of ether oxygens (including phenoxy) is 2. The van der Waals surface area contributed by atoms with Gasteiger partial charge in [-0.25, -0.2) is 0 Å². The molecule has 0 bridgehead atoms. The van der Waals surface area contributed by atoms with E-state index in [1.54, 1.807) is 0 Å². The van der Waals surface area contributed by atoms with Gasteiger partial charge in [0.1, 0.15) is 24.4 Å². The number of aliphatic hydroxyl groups excluding tert-OH is 4. The van der Waals surface area contributed by atoms with Gasteiger partial charge in [0, 0.05) is 0 Å². The Morgan fingerprint density at radius 1 is 0.957 bits per heavy atom. The molecule has 23 heavy (non-hydrogen) atoms. The van der Waals surface area contributed by atoms with E-state index in [4.69, 9.17) is 14.6 Å². The summed E-state index contributed by atoms with van der Waals surface area (Å²) >= 11 is 0. The van der Waals surface area contributed by atoms with E-state index in [-0.39, 0.29) is 13.0 Å². The lowest BCUT2D eigenvalue weighted by molar-refractivity contribution is -0.300. The molecule has 1 saturated heterocycles. The Kier molecular flexibility index (Phi) is 5.63. The van der Waals surface area contributed by atoms with Gasteiger partial charge in [-0.05, 0) is 24.1 Å². The summed E-state index contributed by atoms with van der Waals surface area (Å²) in [5.41, 5.74) is 0.461. The van der Waals surface area contributed by atoms with Gasteiger partial charge in [0.2, 0.25) is 0 Å². The standard InChI is InChI=1S/C14H20O9/c15-5-9-11(19)12(20)13(21)14(23-9)22-2-1-6-3-7(16)10(18)8(17)4-6/h3-4,9,11-21H,1-2,5H2/t9?,11-,12?,13+,14-/m1/s1. The molecule has 1 aliphatic heterocycles. The monoisotopic (exact) mass is 332 g/mol. The Hall–Kier alpha value is -1.62. The summed E-state index contributed by atoms with van der Waals surface area (Å²) in [6.07, 6.45) is -6.57. The third-order valence-electron chi connectivity index (χ3n) is 3.65. The molecule has 0 spiro atoms. The number of aliphatic hydroxyl groups is 4. The minimum atomic E-state index is -1.52. The zero-order chi connectivity index (χ0) is 17.1. The minimum absolute atomic E-state index is 0.00759. The first-order chi connectivity index (χ1) is 10.8. The van der Waals surface area contributed by atoms with E-state index in [0.717, 1.165) is 0 Å². The molecule has 2 unspecified atom stereocenters. The normalized spacial score (nSPS) is 31.2. The quantitative estimate of drug-likeness (QED) is 0.307. The highest BCUT2D eigenvalue weighted by Gasteiger charge is 2.43. The van der Waals surface area contributed by atoms with Crippen LogP contribution in [0.15, 0.2) is 12.1 Å². The maximum Gasteiger partial charge on any atom is 0.200 e. The summed E-state index contributed by atoms with van der Waals surface area (Å²) in [5, 5.41) is 66.1. The average molecular weight is 332 g/mol. The van der Waals surface area contributed by atoms with Crippen LogP contribution in [0.3, 0.4) is 0 Å². The van der Waals surface area contributed by atoms with Crippen LogP contribution in [-0.4, -0.2) is 79.7 Å². The summed E-state index contributed by atoms with van der Waals surface area (Å²) < 4.78 is 10.4. The second kappa shape index (κ2) is 7.30. The SMILES string of the molecule is OCC1O[C@@H](OCCc2cc(O)c(O)c(O)c2)[C@@H](O)C(O)[C@@H]1O. The second-order valence-corrected chi connectivity index (χ2v) is 5.30. The van der Waals surface area contributed by atoms with Gasteiger partial charge in [0.05, 0.1) is 13.2 Å². The molecule has 7 N–H and O–H groups in total. The van der Waals surface area contributed by atoms with Crippen molar-refractivity contribution < 1.29 is 45.2 Å². The second-order valence-electron chi connectivity index (χ2n) is 5.30. The predicted octanol–water partition coefficient (Wildman–Crippen LogP) is -1.84. The predicted molar refractivity (Wildman–Crippen MR) is 74.9 cm³/mol. The molecular weight excluding hydrogens is 312 g/mol. The Balaban J connectivity index is 1.93. The van der Waals surface area contributed by atoms with Gasteiger partial charge in [0.25, 0.3) is 0 Å². The molecule has 0 radical (unpaired) electrons. The summed E-state index contributed by atoms with van der Waals surface area (Å²) in [5.74, 6) is -1.58. The van der Waals surface area contributed by atoms with Crippen molar-refractivity contribution in [2.24, 2.45) is 0 Å². The maximum absolute atomic E-state index is 9.79. The van der Waals surface area contributed by atoms with Gasteiger partial charge in [-0.2, -0.15) is 0 Å². The van der Waals surface area contributed by atoms with Crippen LogP contribution in [0.25, 0.3) is 0 Å². The Bertz CT molecular complexity index is 510. The number of phenols is 3. The third-order valence-corrected chi connectivity index (χ3v) is 3.65. The van der Waals surface area contributed by atoms with Crippen molar-refractivity contribution in [2.75, 3.05) is 13.2 Å². The highest BCUT2D eigenvalue weighted by molar-refractivity contribution is 5.51. The lowest BCUT2D eigenvalue weighted by atomic mass is 9.99. The first-order valence-corrected chi connectivity index (χ1v) is 7.01. The van der Waals surface area contributed by atoms with Gasteiger partial charge < -0.3 is 45.2 Å². The van der Waals surface area contributed by atoms with Crippen LogP contribution in [0.1, 0.15) is 5.56 Å². The molecular formula is C14H20O9. The lowest BCUT2D eigenvalue weighted by Gasteiger charge is -2.39. The molecule has 0 saturated carbocycles. The van der Waals surface area contributed by atoms with Crippen molar-refractivity contribution in [3.05, 3.63) is 17.7 Å². The van der Waals surface area contributed by atoms with E-state index >= 15 is 0 Å². The molecule has 1 fully saturated rings. The molecule has 1 aliphatic rings. The Morgan fingerprint density at radius 3 is 2.13 bits per heavy atom. The molecule has 130 valence electrons. The molecule has 1 aromatic carbocycles. The summed E-state index contributed by atoms with van der Waals surface area (Å²) in [7, 11) is 0. The van der Waals surface area contributed by atoms with Gasteiger partial charge in [-0.3, -0.25) is 0 Å². The largest absolute Gasteiger partial charge is 0.504 e. The average Bonchev–Trinajstić information content (AvgIpc) is 2.52. The van der Waals surface area contributed by atoms with Crippen LogP contribution in [0.4, 0.5) is 0 Å². The van der Waals surface area contributed by atoms with Crippen LogP contribution in [0.5, 0.6) is 17.2 Å². The fourth-order valence-corrected chi connectivity index (χ4v) is 2.30. The molecule has 9 heteroatoms. The number of phenolic OH excluding ortho intramolecular Hbond substituents is 3. The zero-order valence-corrected chi connectivity index (χ0v) is 12.1. The van der Waals surface area contributed by atoms with Crippen LogP contribution < -0.4 is 0 Å². The van der Waals surface area contributed by atoms with Crippen molar-refractivity contribution in [3.63, 3.8) is 0 Å². The smallest absolute Gasteiger partial charge is 0.200 e. The topological polar surface area (TPSA) is 160 Å². The lowest BCUT2D eigenvalue weighted by Crippen LogP contribution is -2.59. The van der Waals surface area contributed by atoms with Crippen molar-refractivity contribution in [2.45, 2.75) is 37.1 Å². The van der Waals surface area contributed by atoms with Crippen LogP contribution in [-0.2, 0) is 15.9 Å². The van der Waals surface area contributed by atoms with Crippen molar-refractivity contribution in [1.82, 2.24) is 0 Å². The van der Waals surface area contributed by atoms with Gasteiger partial charge in [-0.1, -0.05) is 0 Å². The fraction of sp³-hybridized carbons (Fsp3) is 0.571. The summed E-state index contributed by atoms with van der Waals surface area (Å²) in [6.45, 7) is -0.559. The molecule has 0 aromatic heterocycles. The van der Waals surface area contributed by atoms with E-state index in [9.17, 15) is 30.6 Å². The van der Waals surface area contributed by atoms with Crippen molar-refractivity contribution in [1.29, 1.82) is 0 Å². The summed E-state index contributed by atoms with van der Waals surface area (Å²) in [6, 6.07) is 2.48. The molecule has 0 aliphatic carbocycles. The van der Waals surface area contributed by atoms with Gasteiger partial charge in [0.15, 0.2) is 23.5 Å². The van der Waals surface area contributed by atoms with E-state index in [1.165, 1.54) is 12.1 Å². The number of rotatable bonds is 5. The number of aromatic hydroxyl groups is 3. The minimum Gasteiger partial charge on any atom is -0.504 e. The maximum atomic E-state index is 9.79. The number of hydrogen-bond acceptors (Lipinski definition) is 9. The van der Waals surface area contributed by atoms with E-state index in [2.05, 4.69) is 0 Å². The number of benzene rings is 1. The van der Waals surface area contributed by atoms with Crippen LogP contribution >= 0.6 is 0 Å². The molecule has 5 atom stereocenters. The first kappa shape index (κ1) is 17.7. The number of hydrogen-bond donors (Lipinski definition) is 7. The third kappa shape index (κ3) is 3.83. The van der Waals surface area contributed by atoms with Crippen LogP contribution in [0, 0.1) is 0 Å². The zero-order valence-electron chi connectivity index (χ0n) is 12.1. The van der Waals surface area contributed by atoms with Gasteiger partial charge in [-0.15, -0.1) is 0 Å². The van der Waals surface area contributed by atoms with Gasteiger partial charge >= 0.3 is 0 Å². The molecule has 0 amide bonds. The first-order valence-electron chi connectivity index (χ1n) is 7.01. The van der Waals surface area contributed by atoms with E-state index in [0.29, 0.717) is 5.56 Å². The van der Waals surface area contributed by atoms with E-state index in [1.807, 2.05) is 0 Å².